The number of amides is 4. The molecule has 1 saturated heterocycles. The lowest BCUT2D eigenvalue weighted by Gasteiger charge is -2.31. The van der Waals surface area contributed by atoms with E-state index in [2.05, 4.69) is 23.0 Å². The highest BCUT2D eigenvalue weighted by atomic mass is 16.6. The molecule has 4 rings (SSSR count). The minimum Gasteiger partial charge on any atom is -0.448 e. The molecule has 2 N–H and O–H groups in total. The monoisotopic (exact) mass is 536 g/mol. The quantitative estimate of drug-likeness (QED) is 0.562. The van der Waals surface area contributed by atoms with Crippen molar-refractivity contribution in [1.82, 2.24) is 20.7 Å². The summed E-state index contributed by atoms with van der Waals surface area (Å²) in [5.41, 5.74) is 8.29. The minimum atomic E-state index is -0.854. The van der Waals surface area contributed by atoms with Crippen LogP contribution in [0.3, 0.4) is 0 Å². The zero-order chi connectivity index (χ0) is 28.3. The van der Waals surface area contributed by atoms with Gasteiger partial charge in [0.05, 0.1) is 0 Å². The Morgan fingerprint density at radius 2 is 1.59 bits per heavy atom. The smallest absolute Gasteiger partial charge is 0.426 e. The van der Waals surface area contributed by atoms with Gasteiger partial charge in [-0.15, -0.1) is 0 Å². The summed E-state index contributed by atoms with van der Waals surface area (Å²) in [4.78, 5) is 53.6. The number of rotatable bonds is 5. The lowest BCUT2D eigenvalue weighted by molar-refractivity contribution is -0.141. The number of carbonyl (C=O) groups is 4. The van der Waals surface area contributed by atoms with E-state index in [0.717, 1.165) is 22.3 Å². The SMILES string of the molecule is C[C@H](C(=O)N1CCC[C@H]1C(=O)NNC(=O)OC(C)(C)C)N(C)C(=O)OCC1c2ccccc2-c2ccccc21. The van der Waals surface area contributed by atoms with Gasteiger partial charge in [-0.25, -0.2) is 15.0 Å². The molecule has 1 fully saturated rings. The van der Waals surface area contributed by atoms with Gasteiger partial charge in [-0.1, -0.05) is 48.5 Å². The third kappa shape index (κ3) is 6.16. The lowest BCUT2D eigenvalue weighted by Crippen LogP contribution is -2.55. The van der Waals surface area contributed by atoms with E-state index in [0.29, 0.717) is 19.4 Å². The molecule has 0 radical (unpaired) electrons. The molecular formula is C29H36N4O6. The van der Waals surface area contributed by atoms with Crippen molar-refractivity contribution in [1.29, 1.82) is 0 Å². The number of carbonyl (C=O) groups excluding carboxylic acids is 4. The normalized spacial score (nSPS) is 17.1. The summed E-state index contributed by atoms with van der Waals surface area (Å²) in [5.74, 6) is -0.992. The van der Waals surface area contributed by atoms with Crippen molar-refractivity contribution in [3.05, 3.63) is 59.7 Å². The first-order valence-corrected chi connectivity index (χ1v) is 13.1. The van der Waals surface area contributed by atoms with Crippen LogP contribution in [-0.2, 0) is 19.1 Å². The van der Waals surface area contributed by atoms with Crippen molar-refractivity contribution < 1.29 is 28.7 Å². The molecule has 39 heavy (non-hydrogen) atoms. The maximum atomic E-state index is 13.3. The Kier molecular flexibility index (Phi) is 8.13. The van der Waals surface area contributed by atoms with E-state index in [4.69, 9.17) is 9.47 Å². The molecule has 2 aromatic carbocycles. The van der Waals surface area contributed by atoms with Gasteiger partial charge in [0.15, 0.2) is 0 Å². The number of benzene rings is 2. The van der Waals surface area contributed by atoms with E-state index < -0.39 is 35.8 Å². The number of hydrazine groups is 1. The summed E-state index contributed by atoms with van der Waals surface area (Å²) in [6.45, 7) is 7.24. The Labute approximate surface area is 228 Å². The Morgan fingerprint density at radius 1 is 1.00 bits per heavy atom. The van der Waals surface area contributed by atoms with E-state index in [-0.39, 0.29) is 18.4 Å². The average molecular weight is 537 g/mol. The lowest BCUT2D eigenvalue weighted by atomic mass is 9.98. The van der Waals surface area contributed by atoms with Crippen molar-refractivity contribution >= 4 is 24.0 Å². The second kappa shape index (κ2) is 11.3. The predicted octanol–water partition coefficient (Wildman–Crippen LogP) is 3.80. The number of hydrogen-bond acceptors (Lipinski definition) is 6. The largest absolute Gasteiger partial charge is 0.448 e. The summed E-state index contributed by atoms with van der Waals surface area (Å²) in [6.07, 6.45) is -0.355. The number of likely N-dealkylation sites (N-methyl/N-ethyl adjacent to an activating group) is 1. The van der Waals surface area contributed by atoms with Gasteiger partial charge >= 0.3 is 12.2 Å². The summed E-state index contributed by atoms with van der Waals surface area (Å²) < 4.78 is 10.8. The fourth-order valence-corrected chi connectivity index (χ4v) is 5.06. The van der Waals surface area contributed by atoms with E-state index in [9.17, 15) is 19.2 Å². The summed E-state index contributed by atoms with van der Waals surface area (Å²) in [5, 5.41) is 0. The summed E-state index contributed by atoms with van der Waals surface area (Å²) in [7, 11) is 1.51. The first-order valence-electron chi connectivity index (χ1n) is 13.1. The average Bonchev–Trinajstić information content (AvgIpc) is 3.51. The van der Waals surface area contributed by atoms with Gasteiger partial charge in [0.25, 0.3) is 5.91 Å². The molecule has 10 nitrogen and oxygen atoms in total. The number of fused-ring (bicyclic) bond motifs is 3. The third-order valence-corrected chi connectivity index (χ3v) is 7.09. The first kappa shape index (κ1) is 27.9. The minimum absolute atomic E-state index is 0.0927. The van der Waals surface area contributed by atoms with Crippen molar-refractivity contribution in [3.8, 4) is 11.1 Å². The van der Waals surface area contributed by atoms with Gasteiger partial charge in [-0.05, 0) is 62.8 Å². The molecule has 2 atom stereocenters. The van der Waals surface area contributed by atoms with E-state index >= 15 is 0 Å². The maximum absolute atomic E-state index is 13.3. The summed E-state index contributed by atoms with van der Waals surface area (Å²) >= 11 is 0. The summed E-state index contributed by atoms with van der Waals surface area (Å²) in [6, 6.07) is 14.5. The highest BCUT2D eigenvalue weighted by molar-refractivity contribution is 5.92. The number of nitrogens with one attached hydrogen (secondary N) is 2. The Bertz CT molecular complexity index is 1210. The molecule has 10 heteroatoms. The molecule has 2 aromatic rings. The standard InChI is InChI=1S/C29H36N4O6/c1-18(26(35)33-16-10-15-24(33)25(34)30-31-27(36)39-29(2,3)4)32(5)28(37)38-17-23-21-13-8-6-11-19(21)20-12-7-9-14-22(20)23/h6-9,11-14,18,23-24H,10,15-17H2,1-5H3,(H,30,34)(H,31,36)/t18-,24+/m1/s1. The van der Waals surface area contributed by atoms with Crippen LogP contribution in [0.4, 0.5) is 9.59 Å². The van der Waals surface area contributed by atoms with Crippen LogP contribution < -0.4 is 10.9 Å². The zero-order valence-electron chi connectivity index (χ0n) is 23.0. The van der Waals surface area contributed by atoms with Crippen LogP contribution >= 0.6 is 0 Å². The second-order valence-electron chi connectivity index (χ2n) is 10.9. The van der Waals surface area contributed by atoms with Gasteiger partial charge in [-0.2, -0.15) is 0 Å². The number of nitrogens with zero attached hydrogens (tertiary/aromatic N) is 2. The van der Waals surface area contributed by atoms with E-state index in [1.165, 1.54) is 16.8 Å². The molecule has 208 valence electrons. The van der Waals surface area contributed by atoms with Crippen molar-refractivity contribution in [2.75, 3.05) is 20.2 Å². The van der Waals surface area contributed by atoms with Gasteiger partial charge in [0.1, 0.15) is 24.3 Å². The number of hydrogen-bond donors (Lipinski definition) is 2. The first-order chi connectivity index (χ1) is 18.5. The van der Waals surface area contributed by atoms with E-state index in [1.54, 1.807) is 27.7 Å². The van der Waals surface area contributed by atoms with Crippen LogP contribution in [0.2, 0.25) is 0 Å². The molecule has 2 aliphatic rings. The molecule has 4 amide bonds. The molecule has 0 aromatic heterocycles. The fraction of sp³-hybridized carbons (Fsp3) is 0.448. The molecule has 1 aliphatic carbocycles. The Morgan fingerprint density at radius 3 is 2.18 bits per heavy atom. The van der Waals surface area contributed by atoms with Crippen LogP contribution in [0.5, 0.6) is 0 Å². The molecular weight excluding hydrogens is 500 g/mol. The van der Waals surface area contributed by atoms with Gasteiger partial charge < -0.3 is 14.4 Å². The van der Waals surface area contributed by atoms with Crippen LogP contribution in [0.25, 0.3) is 11.1 Å². The third-order valence-electron chi connectivity index (χ3n) is 7.09. The number of likely N-dealkylation sites (tertiary alicyclic amines) is 1. The van der Waals surface area contributed by atoms with Crippen molar-refractivity contribution in [3.63, 3.8) is 0 Å². The van der Waals surface area contributed by atoms with Crippen molar-refractivity contribution in [2.24, 2.45) is 0 Å². The fourth-order valence-electron chi connectivity index (χ4n) is 5.06. The van der Waals surface area contributed by atoms with Crippen LogP contribution in [0.1, 0.15) is 57.6 Å². The molecule has 0 bridgehead atoms. The maximum Gasteiger partial charge on any atom is 0.426 e. The second-order valence-corrected chi connectivity index (χ2v) is 10.9. The topological polar surface area (TPSA) is 117 Å². The zero-order valence-corrected chi connectivity index (χ0v) is 23.0. The molecule has 0 saturated carbocycles. The van der Waals surface area contributed by atoms with Crippen LogP contribution in [-0.4, -0.2) is 71.7 Å². The van der Waals surface area contributed by atoms with Crippen LogP contribution in [0, 0.1) is 0 Å². The van der Waals surface area contributed by atoms with Crippen LogP contribution in [0.15, 0.2) is 48.5 Å². The van der Waals surface area contributed by atoms with Gasteiger partial charge in [0.2, 0.25) is 5.91 Å². The Balaban J connectivity index is 1.34. The molecule has 0 unspecified atom stereocenters. The Hall–Kier alpha value is -4.08. The van der Waals surface area contributed by atoms with Gasteiger partial charge in [0, 0.05) is 19.5 Å². The van der Waals surface area contributed by atoms with Crippen molar-refractivity contribution in [2.45, 2.75) is 64.1 Å². The van der Waals surface area contributed by atoms with E-state index in [1.807, 2.05) is 36.4 Å². The highest BCUT2D eigenvalue weighted by Gasteiger charge is 2.38. The predicted molar refractivity (Wildman–Crippen MR) is 145 cm³/mol. The van der Waals surface area contributed by atoms with Gasteiger partial charge in [-0.3, -0.25) is 19.9 Å². The molecule has 1 aliphatic heterocycles. The number of ether oxygens (including phenoxy) is 2. The molecule has 1 heterocycles. The molecule has 0 spiro atoms. The highest BCUT2D eigenvalue weighted by Crippen LogP contribution is 2.44.